The van der Waals surface area contributed by atoms with Crippen LogP contribution in [0.3, 0.4) is 0 Å². The largest absolute Gasteiger partial charge is 0.339 e. The van der Waals surface area contributed by atoms with E-state index in [2.05, 4.69) is 25.9 Å². The van der Waals surface area contributed by atoms with Crippen LogP contribution in [0.4, 0.5) is 10.7 Å². The Kier molecular flexibility index (Phi) is 4.76. The van der Waals surface area contributed by atoms with Crippen molar-refractivity contribution in [1.82, 2.24) is 20.6 Å². The molecule has 8 nitrogen and oxygen atoms in total. The number of urea groups is 1. The number of halogens is 1. The molecule has 124 valence electrons. The second kappa shape index (κ2) is 7.14. The predicted molar refractivity (Wildman–Crippen MR) is 86.7 cm³/mol. The van der Waals surface area contributed by atoms with Crippen LogP contribution in [0, 0.1) is 6.92 Å². The van der Waals surface area contributed by atoms with E-state index in [1.807, 2.05) is 12.1 Å². The first-order valence-corrected chi connectivity index (χ1v) is 7.54. The summed E-state index contributed by atoms with van der Waals surface area (Å²) in [5.74, 6) is 1.15. The van der Waals surface area contributed by atoms with Gasteiger partial charge in [-0.3, -0.25) is 5.32 Å². The van der Waals surface area contributed by atoms with Gasteiger partial charge in [0.2, 0.25) is 17.6 Å². The molecule has 2 N–H and O–H groups in total. The van der Waals surface area contributed by atoms with Crippen LogP contribution in [0.1, 0.15) is 11.6 Å². The molecule has 0 unspecified atom stereocenters. The third-order valence-electron chi connectivity index (χ3n) is 3.04. The van der Waals surface area contributed by atoms with Gasteiger partial charge in [0.1, 0.15) is 0 Å². The lowest BCUT2D eigenvalue weighted by Gasteiger charge is -2.02. The van der Waals surface area contributed by atoms with Crippen molar-refractivity contribution in [1.29, 1.82) is 0 Å². The van der Waals surface area contributed by atoms with E-state index in [4.69, 9.17) is 20.6 Å². The van der Waals surface area contributed by atoms with Crippen LogP contribution in [-0.2, 0) is 6.42 Å². The Balaban J connectivity index is 1.49. The van der Waals surface area contributed by atoms with Crippen LogP contribution in [0.25, 0.3) is 11.4 Å². The number of benzene rings is 1. The van der Waals surface area contributed by atoms with Crippen LogP contribution < -0.4 is 10.6 Å². The molecule has 3 aromatic rings. The maximum atomic E-state index is 11.7. The minimum Gasteiger partial charge on any atom is -0.339 e. The number of carbonyl (C=O) groups is 1. The first kappa shape index (κ1) is 16.0. The quantitative estimate of drug-likeness (QED) is 0.734. The smallest absolute Gasteiger partial charge is 0.321 e. The summed E-state index contributed by atoms with van der Waals surface area (Å²) in [6.07, 6.45) is 0.399. The Morgan fingerprint density at radius 2 is 2.12 bits per heavy atom. The Bertz CT molecular complexity index is 845. The van der Waals surface area contributed by atoms with Crippen molar-refractivity contribution in [2.75, 3.05) is 11.9 Å². The number of aryl methyl sites for hydroxylation is 1. The number of rotatable bonds is 5. The second-order valence-electron chi connectivity index (χ2n) is 4.99. The monoisotopic (exact) mass is 347 g/mol. The Labute approximate surface area is 142 Å². The Morgan fingerprint density at radius 1 is 1.25 bits per heavy atom. The first-order chi connectivity index (χ1) is 11.6. The lowest BCUT2D eigenvalue weighted by Crippen LogP contribution is -2.30. The maximum absolute atomic E-state index is 11.7. The summed E-state index contributed by atoms with van der Waals surface area (Å²) in [5, 5.41) is 13.4. The molecule has 2 heterocycles. The molecule has 0 atom stereocenters. The van der Waals surface area contributed by atoms with Crippen LogP contribution in [-0.4, -0.2) is 27.9 Å². The van der Waals surface area contributed by atoms with Crippen molar-refractivity contribution in [3.63, 3.8) is 0 Å². The molecule has 0 aliphatic heterocycles. The van der Waals surface area contributed by atoms with E-state index in [1.165, 1.54) is 0 Å². The van der Waals surface area contributed by atoms with E-state index in [1.54, 1.807) is 25.1 Å². The van der Waals surface area contributed by atoms with E-state index in [0.717, 1.165) is 5.56 Å². The van der Waals surface area contributed by atoms with Crippen molar-refractivity contribution in [3.05, 3.63) is 46.9 Å². The van der Waals surface area contributed by atoms with Crippen molar-refractivity contribution in [2.45, 2.75) is 13.3 Å². The molecule has 0 fully saturated rings. The third-order valence-corrected chi connectivity index (χ3v) is 3.28. The number of nitrogens with zero attached hydrogens (tertiary/aromatic N) is 3. The summed E-state index contributed by atoms with van der Waals surface area (Å²) in [5.41, 5.74) is 1.45. The van der Waals surface area contributed by atoms with Crippen LogP contribution in [0.15, 0.2) is 39.4 Å². The summed E-state index contributed by atoms with van der Waals surface area (Å²) in [6, 6.07) is 8.39. The standard InChI is InChI=1S/C15H14ClN5O3/c1-9-7-13(24-20-9)19-15(22)17-6-5-12-18-14(21-23-12)10-3-2-4-11(16)8-10/h2-4,7-8H,5-6H2,1H3,(H2,17,19,22). The van der Waals surface area contributed by atoms with Crippen molar-refractivity contribution in [3.8, 4) is 11.4 Å². The van der Waals surface area contributed by atoms with E-state index in [9.17, 15) is 4.79 Å². The molecule has 2 aromatic heterocycles. The highest BCUT2D eigenvalue weighted by atomic mass is 35.5. The minimum atomic E-state index is -0.402. The highest BCUT2D eigenvalue weighted by Gasteiger charge is 2.10. The van der Waals surface area contributed by atoms with Crippen molar-refractivity contribution >= 4 is 23.5 Å². The number of carbonyl (C=O) groups excluding carboxylic acids is 1. The van der Waals surface area contributed by atoms with Gasteiger partial charge in [0.05, 0.1) is 5.69 Å². The normalized spacial score (nSPS) is 10.6. The second-order valence-corrected chi connectivity index (χ2v) is 5.42. The zero-order valence-corrected chi connectivity index (χ0v) is 13.5. The van der Waals surface area contributed by atoms with Crippen LogP contribution in [0.2, 0.25) is 5.02 Å². The average Bonchev–Trinajstić information content (AvgIpc) is 3.17. The third kappa shape index (κ3) is 4.11. The number of nitrogens with one attached hydrogen (secondary N) is 2. The van der Waals surface area contributed by atoms with Crippen molar-refractivity contribution in [2.24, 2.45) is 0 Å². The molecule has 0 spiro atoms. The molecule has 0 saturated carbocycles. The molecule has 0 aliphatic rings. The van der Waals surface area contributed by atoms with Crippen LogP contribution >= 0.6 is 11.6 Å². The number of amides is 2. The molecule has 0 aliphatic carbocycles. The summed E-state index contributed by atoms with van der Waals surface area (Å²) >= 11 is 5.94. The van der Waals surface area contributed by atoms with E-state index in [-0.39, 0.29) is 5.88 Å². The molecular weight excluding hydrogens is 334 g/mol. The summed E-state index contributed by atoms with van der Waals surface area (Å²) < 4.78 is 10.0. The molecule has 0 radical (unpaired) electrons. The number of hydrogen-bond donors (Lipinski definition) is 2. The molecule has 0 saturated heterocycles. The summed E-state index contributed by atoms with van der Waals surface area (Å²) in [4.78, 5) is 16.0. The van der Waals surface area contributed by atoms with E-state index < -0.39 is 6.03 Å². The molecule has 2 amide bonds. The van der Waals surface area contributed by atoms with Gasteiger partial charge in [-0.1, -0.05) is 34.0 Å². The Morgan fingerprint density at radius 3 is 2.88 bits per heavy atom. The van der Waals surface area contributed by atoms with E-state index >= 15 is 0 Å². The van der Waals surface area contributed by atoms with Gasteiger partial charge in [-0.25, -0.2) is 4.79 Å². The number of hydrogen-bond acceptors (Lipinski definition) is 6. The van der Waals surface area contributed by atoms with Gasteiger partial charge in [0, 0.05) is 29.6 Å². The molecule has 9 heteroatoms. The number of anilines is 1. The zero-order chi connectivity index (χ0) is 16.9. The van der Waals surface area contributed by atoms with Gasteiger partial charge in [0.15, 0.2) is 0 Å². The van der Waals surface area contributed by atoms with Crippen molar-refractivity contribution < 1.29 is 13.8 Å². The first-order valence-electron chi connectivity index (χ1n) is 7.17. The van der Waals surface area contributed by atoms with Gasteiger partial charge >= 0.3 is 6.03 Å². The van der Waals surface area contributed by atoms with E-state index in [0.29, 0.717) is 35.4 Å². The highest BCUT2D eigenvalue weighted by molar-refractivity contribution is 6.30. The topological polar surface area (TPSA) is 106 Å². The molecule has 1 aromatic carbocycles. The zero-order valence-electron chi connectivity index (χ0n) is 12.7. The fourth-order valence-electron chi connectivity index (χ4n) is 1.96. The fraction of sp³-hybridized carbons (Fsp3) is 0.200. The maximum Gasteiger partial charge on any atom is 0.321 e. The minimum absolute atomic E-state index is 0.283. The SMILES string of the molecule is Cc1cc(NC(=O)NCCc2nc(-c3cccc(Cl)c3)no2)on1. The molecular formula is C15H14ClN5O3. The lowest BCUT2D eigenvalue weighted by atomic mass is 10.2. The molecule has 24 heavy (non-hydrogen) atoms. The van der Waals surface area contributed by atoms with Crippen LogP contribution in [0.5, 0.6) is 0 Å². The van der Waals surface area contributed by atoms with Gasteiger partial charge < -0.3 is 14.4 Å². The molecule has 0 bridgehead atoms. The predicted octanol–water partition coefficient (Wildman–Crippen LogP) is 3.05. The lowest BCUT2D eigenvalue weighted by molar-refractivity contribution is 0.251. The number of aromatic nitrogens is 3. The molecule has 3 rings (SSSR count). The Hall–Kier alpha value is -2.87. The van der Waals surface area contributed by atoms with Gasteiger partial charge in [0.25, 0.3) is 0 Å². The van der Waals surface area contributed by atoms with Gasteiger partial charge in [-0.15, -0.1) is 0 Å². The van der Waals surface area contributed by atoms with Gasteiger partial charge in [-0.05, 0) is 19.1 Å². The fourth-order valence-corrected chi connectivity index (χ4v) is 2.15. The van der Waals surface area contributed by atoms with Gasteiger partial charge in [-0.2, -0.15) is 4.98 Å². The summed E-state index contributed by atoms with van der Waals surface area (Å²) in [7, 11) is 0. The average molecular weight is 348 g/mol. The summed E-state index contributed by atoms with van der Waals surface area (Å²) in [6.45, 7) is 2.09. The highest BCUT2D eigenvalue weighted by Crippen LogP contribution is 2.19.